The second-order valence-electron chi connectivity index (χ2n) is 5.68. The molecule has 0 radical (unpaired) electrons. The topological polar surface area (TPSA) is 69.6 Å². The van der Waals surface area contributed by atoms with Gasteiger partial charge in [0.25, 0.3) is 0 Å². The van der Waals surface area contributed by atoms with Gasteiger partial charge in [0, 0.05) is 24.8 Å². The summed E-state index contributed by atoms with van der Waals surface area (Å²) in [6.07, 6.45) is 4.20. The summed E-state index contributed by atoms with van der Waals surface area (Å²) >= 11 is 1.79. The lowest BCUT2D eigenvalue weighted by atomic mass is 9.94. The second-order valence-corrected chi connectivity index (χ2v) is 6.97. The van der Waals surface area contributed by atoms with Gasteiger partial charge in [0.15, 0.2) is 0 Å². The van der Waals surface area contributed by atoms with Gasteiger partial charge in [0.05, 0.1) is 5.75 Å². The van der Waals surface area contributed by atoms with E-state index in [-0.39, 0.29) is 18.2 Å². The fourth-order valence-electron chi connectivity index (χ4n) is 2.88. The summed E-state index contributed by atoms with van der Waals surface area (Å²) in [4.78, 5) is 24.7. The van der Waals surface area contributed by atoms with Crippen LogP contribution in [0.4, 0.5) is 0 Å². The lowest BCUT2D eigenvalue weighted by molar-refractivity contribution is -0.138. The first kappa shape index (κ1) is 15.6. The Morgan fingerprint density at radius 1 is 1.15 bits per heavy atom. The Labute approximate surface area is 124 Å². The first-order chi connectivity index (χ1) is 9.65. The minimum atomic E-state index is -0.726. The Morgan fingerprint density at radius 2 is 1.80 bits per heavy atom. The van der Waals surface area contributed by atoms with Crippen LogP contribution in [0.2, 0.25) is 0 Å². The second kappa shape index (κ2) is 7.88. The van der Waals surface area contributed by atoms with Crippen molar-refractivity contribution in [2.24, 2.45) is 5.92 Å². The van der Waals surface area contributed by atoms with E-state index in [2.05, 4.69) is 5.32 Å². The van der Waals surface area contributed by atoms with E-state index in [1.165, 1.54) is 0 Å². The van der Waals surface area contributed by atoms with Crippen LogP contribution in [-0.4, -0.2) is 59.1 Å². The number of carbonyl (C=O) groups is 2. The number of rotatable bonds is 5. The number of nitrogens with one attached hydrogen (secondary N) is 1. The zero-order valence-corrected chi connectivity index (χ0v) is 12.7. The molecular formula is C14H24N2O3S. The zero-order chi connectivity index (χ0) is 14.4. The molecule has 20 heavy (non-hydrogen) atoms. The van der Waals surface area contributed by atoms with Crippen LogP contribution in [0.25, 0.3) is 0 Å². The molecule has 2 rings (SSSR count). The SMILES string of the molecule is O=C(O)CC1CCN(C(=O)CSC2CCNCC2)CC1. The fourth-order valence-corrected chi connectivity index (χ4v) is 4.01. The van der Waals surface area contributed by atoms with E-state index in [1.54, 1.807) is 11.8 Å². The largest absolute Gasteiger partial charge is 0.481 e. The van der Waals surface area contributed by atoms with Gasteiger partial charge in [-0.25, -0.2) is 0 Å². The van der Waals surface area contributed by atoms with Gasteiger partial charge in [-0.3, -0.25) is 9.59 Å². The molecule has 0 aromatic heterocycles. The molecule has 2 fully saturated rings. The molecule has 2 aliphatic heterocycles. The smallest absolute Gasteiger partial charge is 0.303 e. The van der Waals surface area contributed by atoms with Crippen molar-refractivity contribution in [3.05, 3.63) is 0 Å². The quantitative estimate of drug-likeness (QED) is 0.798. The number of thioether (sulfide) groups is 1. The fraction of sp³-hybridized carbons (Fsp3) is 0.857. The molecule has 1 amide bonds. The van der Waals surface area contributed by atoms with Crippen molar-refractivity contribution < 1.29 is 14.7 Å². The van der Waals surface area contributed by atoms with E-state index < -0.39 is 5.97 Å². The molecule has 6 heteroatoms. The molecule has 0 unspecified atom stereocenters. The number of hydrogen-bond donors (Lipinski definition) is 2. The van der Waals surface area contributed by atoms with Crippen LogP contribution in [0.3, 0.4) is 0 Å². The van der Waals surface area contributed by atoms with Crippen LogP contribution in [0.15, 0.2) is 0 Å². The van der Waals surface area contributed by atoms with Crippen molar-refractivity contribution in [3.8, 4) is 0 Å². The molecule has 2 heterocycles. The van der Waals surface area contributed by atoms with Crippen LogP contribution in [-0.2, 0) is 9.59 Å². The number of aliphatic carboxylic acids is 1. The van der Waals surface area contributed by atoms with Crippen molar-refractivity contribution >= 4 is 23.6 Å². The minimum Gasteiger partial charge on any atom is -0.481 e. The van der Waals surface area contributed by atoms with Gasteiger partial charge in [0.2, 0.25) is 5.91 Å². The van der Waals surface area contributed by atoms with Crippen molar-refractivity contribution in [1.82, 2.24) is 10.2 Å². The third kappa shape index (κ3) is 4.98. The first-order valence-corrected chi connectivity index (χ1v) is 8.52. The van der Waals surface area contributed by atoms with Crippen molar-refractivity contribution in [1.29, 1.82) is 0 Å². The van der Waals surface area contributed by atoms with Crippen LogP contribution in [0, 0.1) is 5.92 Å². The van der Waals surface area contributed by atoms with Crippen LogP contribution in [0.1, 0.15) is 32.1 Å². The van der Waals surface area contributed by atoms with Crippen LogP contribution < -0.4 is 5.32 Å². The number of piperidine rings is 2. The lowest BCUT2D eigenvalue weighted by Gasteiger charge is -2.32. The van der Waals surface area contributed by atoms with Crippen molar-refractivity contribution in [2.45, 2.75) is 37.4 Å². The summed E-state index contributed by atoms with van der Waals surface area (Å²) in [5.41, 5.74) is 0. The number of nitrogens with zero attached hydrogens (tertiary/aromatic N) is 1. The van der Waals surface area contributed by atoms with E-state index >= 15 is 0 Å². The summed E-state index contributed by atoms with van der Waals surface area (Å²) in [5.74, 6) is 0.320. The molecular weight excluding hydrogens is 276 g/mol. The Morgan fingerprint density at radius 3 is 2.40 bits per heavy atom. The molecule has 0 atom stereocenters. The molecule has 0 bridgehead atoms. The number of likely N-dealkylation sites (tertiary alicyclic amines) is 1. The molecule has 0 aromatic carbocycles. The minimum absolute atomic E-state index is 0.224. The standard InChI is InChI=1S/C14H24N2O3S/c17-13(10-20-12-1-5-15-6-2-12)16-7-3-11(4-8-16)9-14(18)19/h11-12,15H,1-10H2,(H,18,19). The molecule has 0 aromatic rings. The van der Waals surface area contributed by atoms with Gasteiger partial charge in [-0.1, -0.05) is 0 Å². The van der Waals surface area contributed by atoms with Crippen molar-refractivity contribution in [2.75, 3.05) is 31.9 Å². The Balaban J connectivity index is 1.65. The first-order valence-electron chi connectivity index (χ1n) is 7.47. The maximum absolute atomic E-state index is 12.1. The molecule has 0 saturated carbocycles. The lowest BCUT2D eigenvalue weighted by Crippen LogP contribution is -2.40. The normalized spacial score (nSPS) is 21.9. The number of carboxylic acid groups (broad SMARTS) is 1. The summed E-state index contributed by atoms with van der Waals surface area (Å²) in [6, 6.07) is 0. The van der Waals surface area contributed by atoms with Gasteiger partial charge in [-0.2, -0.15) is 0 Å². The molecule has 2 aliphatic rings. The summed E-state index contributed by atoms with van der Waals surface area (Å²) < 4.78 is 0. The Bertz CT molecular complexity index is 337. The van der Waals surface area contributed by atoms with E-state index in [4.69, 9.17) is 5.11 Å². The third-order valence-corrected chi connectivity index (χ3v) is 5.52. The number of carboxylic acids is 1. The van der Waals surface area contributed by atoms with E-state index in [0.29, 0.717) is 11.0 Å². The highest BCUT2D eigenvalue weighted by Gasteiger charge is 2.25. The predicted octanol–water partition coefficient (Wildman–Crippen LogP) is 1.18. The van der Waals surface area contributed by atoms with Gasteiger partial charge < -0.3 is 15.3 Å². The van der Waals surface area contributed by atoms with E-state index in [1.807, 2.05) is 4.90 Å². The van der Waals surface area contributed by atoms with E-state index in [9.17, 15) is 9.59 Å². The highest BCUT2D eigenvalue weighted by molar-refractivity contribution is 8.00. The van der Waals surface area contributed by atoms with Crippen LogP contribution >= 0.6 is 11.8 Å². The van der Waals surface area contributed by atoms with Gasteiger partial charge in [-0.05, 0) is 44.7 Å². The summed E-state index contributed by atoms with van der Waals surface area (Å²) in [5, 5.41) is 12.7. The maximum atomic E-state index is 12.1. The van der Waals surface area contributed by atoms with E-state index in [0.717, 1.165) is 51.9 Å². The van der Waals surface area contributed by atoms with Crippen LogP contribution in [0.5, 0.6) is 0 Å². The molecule has 0 aliphatic carbocycles. The highest BCUT2D eigenvalue weighted by atomic mass is 32.2. The van der Waals surface area contributed by atoms with Gasteiger partial charge >= 0.3 is 5.97 Å². The Hall–Kier alpha value is -0.750. The maximum Gasteiger partial charge on any atom is 0.303 e. The third-order valence-electron chi connectivity index (χ3n) is 4.16. The zero-order valence-electron chi connectivity index (χ0n) is 11.8. The predicted molar refractivity (Wildman–Crippen MR) is 79.9 cm³/mol. The number of amides is 1. The number of carbonyl (C=O) groups excluding carboxylic acids is 1. The average molecular weight is 300 g/mol. The van der Waals surface area contributed by atoms with Gasteiger partial charge in [0.1, 0.15) is 0 Å². The molecule has 2 saturated heterocycles. The molecule has 114 valence electrons. The molecule has 5 nitrogen and oxygen atoms in total. The monoisotopic (exact) mass is 300 g/mol. The summed E-state index contributed by atoms with van der Waals surface area (Å²) in [7, 11) is 0. The van der Waals surface area contributed by atoms with Gasteiger partial charge in [-0.15, -0.1) is 11.8 Å². The highest BCUT2D eigenvalue weighted by Crippen LogP contribution is 2.23. The number of hydrogen-bond acceptors (Lipinski definition) is 4. The molecule has 0 spiro atoms. The molecule has 2 N–H and O–H groups in total. The van der Waals surface area contributed by atoms with Crippen molar-refractivity contribution in [3.63, 3.8) is 0 Å². The Kier molecular flexibility index (Phi) is 6.16. The average Bonchev–Trinajstić information content (AvgIpc) is 2.46. The summed E-state index contributed by atoms with van der Waals surface area (Å²) in [6.45, 7) is 3.58.